The van der Waals surface area contributed by atoms with Crippen LogP contribution in [0, 0.1) is 6.92 Å². The summed E-state index contributed by atoms with van der Waals surface area (Å²) in [6.45, 7) is 2.02. The summed E-state index contributed by atoms with van der Waals surface area (Å²) < 4.78 is 0. The minimum atomic E-state index is -0.136. The second kappa shape index (κ2) is 3.59. The lowest BCUT2D eigenvalue weighted by molar-refractivity contribution is 1.21. The quantitative estimate of drug-likeness (QED) is 0.667. The van der Waals surface area contributed by atoms with E-state index in [-0.39, 0.29) is 5.56 Å². The van der Waals surface area contributed by atoms with Crippen LogP contribution in [-0.4, -0.2) is 15.0 Å². The molecule has 84 valence electrons. The van der Waals surface area contributed by atoms with Crippen LogP contribution < -0.4 is 5.56 Å². The van der Waals surface area contributed by atoms with Gasteiger partial charge in [0.25, 0.3) is 5.56 Å². The Morgan fingerprint density at radius 2 is 2.12 bits per heavy atom. The molecule has 0 aliphatic carbocycles. The summed E-state index contributed by atoms with van der Waals surface area (Å²) in [6, 6.07) is 9.51. The largest absolute Gasteiger partial charge is 0.338 e. The molecular weight excluding hydrogens is 214 g/mol. The number of H-pyrrole nitrogens is 2. The number of aryl methyl sites for hydroxylation is 1. The minimum Gasteiger partial charge on any atom is -0.338 e. The molecular formula is C13H11N3O. The second-order valence-corrected chi connectivity index (χ2v) is 4.02. The average molecular weight is 225 g/mol. The van der Waals surface area contributed by atoms with Crippen molar-refractivity contribution < 1.29 is 0 Å². The summed E-state index contributed by atoms with van der Waals surface area (Å²) in [4.78, 5) is 21.9. The molecule has 4 heteroatoms. The molecule has 0 saturated heterocycles. The van der Waals surface area contributed by atoms with Crippen LogP contribution in [0.1, 0.15) is 5.56 Å². The molecule has 1 aromatic carbocycles. The third-order valence-electron chi connectivity index (χ3n) is 2.71. The van der Waals surface area contributed by atoms with Gasteiger partial charge in [0.1, 0.15) is 5.82 Å². The molecule has 4 nitrogen and oxygen atoms in total. The predicted molar refractivity (Wildman–Crippen MR) is 66.9 cm³/mol. The summed E-state index contributed by atoms with van der Waals surface area (Å²) in [7, 11) is 0. The number of nitrogens with one attached hydrogen (secondary N) is 2. The van der Waals surface area contributed by atoms with E-state index in [1.54, 1.807) is 18.3 Å². The first-order valence-corrected chi connectivity index (χ1v) is 5.38. The molecule has 0 unspecified atom stereocenters. The summed E-state index contributed by atoms with van der Waals surface area (Å²) in [6.07, 6.45) is 1.61. The maximum Gasteiger partial charge on any atom is 0.258 e. The molecule has 0 aliphatic heterocycles. The van der Waals surface area contributed by atoms with Crippen molar-refractivity contribution in [2.24, 2.45) is 0 Å². The molecule has 2 heterocycles. The number of nitrogens with zero attached hydrogens (tertiary/aromatic N) is 1. The van der Waals surface area contributed by atoms with Crippen molar-refractivity contribution in [3.63, 3.8) is 0 Å². The zero-order chi connectivity index (χ0) is 11.8. The van der Waals surface area contributed by atoms with Gasteiger partial charge in [0, 0.05) is 6.20 Å². The Morgan fingerprint density at radius 3 is 2.94 bits per heavy atom. The van der Waals surface area contributed by atoms with Gasteiger partial charge in [0.15, 0.2) is 0 Å². The van der Waals surface area contributed by atoms with Gasteiger partial charge in [-0.2, -0.15) is 0 Å². The van der Waals surface area contributed by atoms with E-state index < -0.39 is 0 Å². The molecule has 3 aromatic rings. The Balaban J connectivity index is 2.25. The Hall–Kier alpha value is -2.36. The molecule has 0 spiro atoms. The first-order chi connectivity index (χ1) is 8.24. The van der Waals surface area contributed by atoms with Crippen LogP contribution in [-0.2, 0) is 0 Å². The zero-order valence-electron chi connectivity index (χ0n) is 9.32. The fraction of sp³-hybridized carbons (Fsp3) is 0.0769. The molecule has 2 aromatic heterocycles. The number of imidazole rings is 1. The number of aromatic amines is 2. The average Bonchev–Trinajstić information content (AvgIpc) is 2.72. The first kappa shape index (κ1) is 9.84. The highest BCUT2D eigenvalue weighted by Crippen LogP contribution is 2.18. The zero-order valence-corrected chi connectivity index (χ0v) is 9.32. The highest BCUT2D eigenvalue weighted by Gasteiger charge is 2.07. The first-order valence-electron chi connectivity index (χ1n) is 5.38. The highest BCUT2D eigenvalue weighted by molar-refractivity contribution is 5.79. The second-order valence-electron chi connectivity index (χ2n) is 4.02. The molecule has 0 atom stereocenters. The van der Waals surface area contributed by atoms with E-state index in [4.69, 9.17) is 0 Å². The molecule has 0 bridgehead atoms. The molecule has 2 N–H and O–H groups in total. The number of aromatic nitrogens is 3. The number of rotatable bonds is 1. The molecule has 0 radical (unpaired) electrons. The smallest absolute Gasteiger partial charge is 0.258 e. The third kappa shape index (κ3) is 1.63. The van der Waals surface area contributed by atoms with Crippen LogP contribution in [0.25, 0.3) is 22.4 Å². The normalized spacial score (nSPS) is 10.9. The van der Waals surface area contributed by atoms with E-state index in [0.29, 0.717) is 11.4 Å². The van der Waals surface area contributed by atoms with Crippen molar-refractivity contribution in [1.29, 1.82) is 0 Å². The van der Waals surface area contributed by atoms with E-state index in [2.05, 4.69) is 15.0 Å². The van der Waals surface area contributed by atoms with Gasteiger partial charge in [-0.05, 0) is 36.8 Å². The Morgan fingerprint density at radius 1 is 1.24 bits per heavy atom. The molecule has 0 fully saturated rings. The SMILES string of the molecule is Cc1ccc2nc(-c3ccc[nH]c3=O)[nH]c2c1. The van der Waals surface area contributed by atoms with Crippen molar-refractivity contribution >= 4 is 11.0 Å². The van der Waals surface area contributed by atoms with E-state index in [0.717, 1.165) is 16.6 Å². The van der Waals surface area contributed by atoms with Gasteiger partial charge in [-0.3, -0.25) is 4.79 Å². The maximum absolute atomic E-state index is 11.6. The Kier molecular flexibility index (Phi) is 2.08. The van der Waals surface area contributed by atoms with Crippen LogP contribution >= 0.6 is 0 Å². The highest BCUT2D eigenvalue weighted by atomic mass is 16.1. The Labute approximate surface area is 97.3 Å². The van der Waals surface area contributed by atoms with Gasteiger partial charge in [-0.15, -0.1) is 0 Å². The van der Waals surface area contributed by atoms with Crippen molar-refractivity contribution in [1.82, 2.24) is 15.0 Å². The van der Waals surface area contributed by atoms with Crippen LogP contribution in [0.2, 0.25) is 0 Å². The van der Waals surface area contributed by atoms with E-state index in [1.807, 2.05) is 25.1 Å². The van der Waals surface area contributed by atoms with Crippen LogP contribution in [0.5, 0.6) is 0 Å². The summed E-state index contributed by atoms with van der Waals surface area (Å²) in [5.41, 5.74) is 3.40. The van der Waals surface area contributed by atoms with Crippen molar-refractivity contribution in [2.75, 3.05) is 0 Å². The topological polar surface area (TPSA) is 61.5 Å². The van der Waals surface area contributed by atoms with E-state index >= 15 is 0 Å². The van der Waals surface area contributed by atoms with Gasteiger partial charge >= 0.3 is 0 Å². The summed E-state index contributed by atoms with van der Waals surface area (Å²) in [5.74, 6) is 0.604. The van der Waals surface area contributed by atoms with Crippen LogP contribution in [0.15, 0.2) is 41.3 Å². The number of pyridine rings is 1. The lowest BCUT2D eigenvalue weighted by Crippen LogP contribution is -2.07. The van der Waals surface area contributed by atoms with Crippen molar-refractivity contribution in [2.45, 2.75) is 6.92 Å². The fourth-order valence-corrected chi connectivity index (χ4v) is 1.86. The van der Waals surface area contributed by atoms with Crippen molar-refractivity contribution in [3.8, 4) is 11.4 Å². The van der Waals surface area contributed by atoms with Gasteiger partial charge in [-0.1, -0.05) is 6.07 Å². The lowest BCUT2D eigenvalue weighted by atomic mass is 10.2. The van der Waals surface area contributed by atoms with Crippen molar-refractivity contribution in [3.05, 3.63) is 52.4 Å². The third-order valence-corrected chi connectivity index (χ3v) is 2.71. The van der Waals surface area contributed by atoms with E-state index in [1.165, 1.54) is 0 Å². The molecule has 17 heavy (non-hydrogen) atoms. The predicted octanol–water partition coefficient (Wildman–Crippen LogP) is 2.23. The number of hydrogen-bond acceptors (Lipinski definition) is 2. The number of benzene rings is 1. The van der Waals surface area contributed by atoms with Gasteiger partial charge in [0.2, 0.25) is 0 Å². The maximum atomic E-state index is 11.6. The summed E-state index contributed by atoms with van der Waals surface area (Å²) in [5, 5.41) is 0. The minimum absolute atomic E-state index is 0.136. The van der Waals surface area contributed by atoms with Crippen LogP contribution in [0.4, 0.5) is 0 Å². The van der Waals surface area contributed by atoms with E-state index in [9.17, 15) is 4.79 Å². The number of hydrogen-bond donors (Lipinski definition) is 2. The molecule has 0 aliphatic rings. The summed E-state index contributed by atoms with van der Waals surface area (Å²) >= 11 is 0. The van der Waals surface area contributed by atoms with Gasteiger partial charge in [-0.25, -0.2) is 4.98 Å². The standard InChI is InChI=1S/C13H11N3O/c1-8-4-5-10-11(7-8)16-12(15-10)9-3-2-6-14-13(9)17/h2-7H,1H3,(H,14,17)(H,15,16). The lowest BCUT2D eigenvalue weighted by Gasteiger charge is -1.92. The fourth-order valence-electron chi connectivity index (χ4n) is 1.86. The molecule has 3 rings (SSSR count). The van der Waals surface area contributed by atoms with Gasteiger partial charge in [0.05, 0.1) is 16.6 Å². The Bertz CT molecular complexity index is 740. The molecule has 0 amide bonds. The van der Waals surface area contributed by atoms with Gasteiger partial charge < -0.3 is 9.97 Å². The molecule has 0 saturated carbocycles. The monoisotopic (exact) mass is 225 g/mol. The van der Waals surface area contributed by atoms with Crippen LogP contribution in [0.3, 0.4) is 0 Å². The number of fused-ring (bicyclic) bond motifs is 1.